The lowest BCUT2D eigenvalue weighted by Gasteiger charge is -2.26. The number of fused-ring (bicyclic) bond motifs is 2. The van der Waals surface area contributed by atoms with E-state index in [0.29, 0.717) is 16.3 Å². The summed E-state index contributed by atoms with van der Waals surface area (Å²) in [5.41, 5.74) is 1.67. The van der Waals surface area contributed by atoms with Crippen LogP contribution in [0, 0.1) is 17.2 Å². The predicted octanol–water partition coefficient (Wildman–Crippen LogP) is 4.10. The Kier molecular flexibility index (Phi) is 3.11. The zero-order chi connectivity index (χ0) is 14.4. The molecule has 0 N–H and O–H groups in total. The molecule has 2 unspecified atom stereocenters. The number of carbonyl (C=O) groups is 1. The van der Waals surface area contributed by atoms with E-state index in [1.54, 1.807) is 0 Å². The molecular weight excluding hydrogens is 278 g/mol. The van der Waals surface area contributed by atoms with Crippen LogP contribution in [0.15, 0.2) is 24.3 Å². The Bertz CT molecular complexity index is 599. The van der Waals surface area contributed by atoms with Crippen molar-refractivity contribution in [3.63, 3.8) is 0 Å². The number of nitriles is 1. The van der Waals surface area contributed by atoms with Crippen LogP contribution in [-0.2, 0) is 5.41 Å². The van der Waals surface area contributed by atoms with Gasteiger partial charge in [0.15, 0.2) is 5.78 Å². The summed E-state index contributed by atoms with van der Waals surface area (Å²) >= 11 is 2.10. The number of hydrogen-bond acceptors (Lipinski definition) is 3. The fourth-order valence-corrected chi connectivity index (χ4v) is 5.63. The molecule has 0 aromatic heterocycles. The molecule has 2 bridgehead atoms. The van der Waals surface area contributed by atoms with Crippen molar-refractivity contribution in [2.75, 3.05) is 0 Å². The molecule has 1 aromatic carbocycles. The van der Waals surface area contributed by atoms with Gasteiger partial charge < -0.3 is 0 Å². The molecule has 1 saturated carbocycles. The Labute approximate surface area is 129 Å². The van der Waals surface area contributed by atoms with Crippen LogP contribution >= 0.6 is 11.8 Å². The summed E-state index contributed by atoms with van der Waals surface area (Å²) in [5, 5.41) is 10.7. The SMILES string of the molecule is N#CC1(c2ccc(C(=O)C3CC4CCC(C3)S4)cc2)CC1. The van der Waals surface area contributed by atoms with Gasteiger partial charge in [-0.2, -0.15) is 17.0 Å². The van der Waals surface area contributed by atoms with Crippen LogP contribution in [-0.4, -0.2) is 16.3 Å². The van der Waals surface area contributed by atoms with E-state index in [-0.39, 0.29) is 11.3 Å². The van der Waals surface area contributed by atoms with Gasteiger partial charge in [0.1, 0.15) is 0 Å². The molecule has 0 radical (unpaired) electrons. The summed E-state index contributed by atoms with van der Waals surface area (Å²) in [6, 6.07) is 10.3. The highest BCUT2D eigenvalue weighted by atomic mass is 32.2. The Morgan fingerprint density at radius 2 is 1.76 bits per heavy atom. The van der Waals surface area contributed by atoms with Gasteiger partial charge in [-0.25, -0.2) is 0 Å². The van der Waals surface area contributed by atoms with Gasteiger partial charge in [0.05, 0.1) is 11.5 Å². The zero-order valence-electron chi connectivity index (χ0n) is 12.0. The van der Waals surface area contributed by atoms with Gasteiger partial charge in [0.25, 0.3) is 0 Å². The molecule has 2 nitrogen and oxygen atoms in total. The average molecular weight is 297 g/mol. The molecule has 3 heteroatoms. The van der Waals surface area contributed by atoms with E-state index in [2.05, 4.69) is 17.8 Å². The first-order chi connectivity index (χ1) is 10.2. The monoisotopic (exact) mass is 297 g/mol. The third-order valence-electron chi connectivity index (χ3n) is 5.35. The second-order valence-corrected chi connectivity index (χ2v) is 8.37. The van der Waals surface area contributed by atoms with Gasteiger partial charge in [-0.15, -0.1) is 0 Å². The topological polar surface area (TPSA) is 40.9 Å². The fourth-order valence-electron chi connectivity index (χ4n) is 3.85. The molecule has 21 heavy (non-hydrogen) atoms. The largest absolute Gasteiger partial charge is 0.294 e. The van der Waals surface area contributed by atoms with Crippen molar-refractivity contribution in [1.29, 1.82) is 5.26 Å². The van der Waals surface area contributed by atoms with Crippen molar-refractivity contribution in [3.05, 3.63) is 35.4 Å². The molecule has 108 valence electrons. The molecule has 0 spiro atoms. The maximum absolute atomic E-state index is 12.7. The first-order valence-corrected chi connectivity index (χ1v) is 8.86. The maximum atomic E-state index is 12.7. The molecule has 2 aliphatic heterocycles. The number of hydrogen-bond donors (Lipinski definition) is 0. The van der Waals surface area contributed by atoms with Crippen LogP contribution in [0.5, 0.6) is 0 Å². The van der Waals surface area contributed by atoms with Crippen LogP contribution < -0.4 is 0 Å². The van der Waals surface area contributed by atoms with Gasteiger partial charge in [0, 0.05) is 22.0 Å². The quantitative estimate of drug-likeness (QED) is 0.789. The number of carbonyl (C=O) groups excluding carboxylic acids is 1. The van der Waals surface area contributed by atoms with Crippen LogP contribution in [0.2, 0.25) is 0 Å². The van der Waals surface area contributed by atoms with E-state index in [0.717, 1.165) is 36.8 Å². The van der Waals surface area contributed by atoms with Crippen molar-refractivity contribution in [3.8, 4) is 6.07 Å². The molecule has 3 aliphatic rings. The third-order valence-corrected chi connectivity index (χ3v) is 6.97. The average Bonchev–Trinajstić information content (AvgIpc) is 3.27. The molecule has 1 aliphatic carbocycles. The lowest BCUT2D eigenvalue weighted by molar-refractivity contribution is 0.0907. The molecule has 0 amide bonds. The van der Waals surface area contributed by atoms with Crippen molar-refractivity contribution < 1.29 is 4.79 Å². The van der Waals surface area contributed by atoms with Gasteiger partial charge in [0.2, 0.25) is 0 Å². The van der Waals surface area contributed by atoms with Crippen molar-refractivity contribution >= 4 is 17.5 Å². The van der Waals surface area contributed by atoms with Gasteiger partial charge >= 0.3 is 0 Å². The Hall–Kier alpha value is -1.27. The second kappa shape index (κ2) is 4.88. The molecule has 2 heterocycles. The molecule has 4 rings (SSSR count). The minimum Gasteiger partial charge on any atom is -0.294 e. The third kappa shape index (κ3) is 2.30. The van der Waals surface area contributed by atoms with E-state index >= 15 is 0 Å². The normalized spacial score (nSPS) is 32.4. The lowest BCUT2D eigenvalue weighted by Crippen LogP contribution is -2.24. The summed E-state index contributed by atoms with van der Waals surface area (Å²) in [6.45, 7) is 0. The molecule has 2 atom stereocenters. The smallest absolute Gasteiger partial charge is 0.166 e. The Morgan fingerprint density at radius 1 is 1.14 bits per heavy atom. The standard InChI is InChI=1S/C18H19NOS/c19-11-18(7-8-18)14-3-1-12(2-4-14)17(20)13-9-15-5-6-16(10-13)21-15/h1-4,13,15-16H,5-10H2. The fraction of sp³-hybridized carbons (Fsp3) is 0.556. The molecular formula is C18H19NOS. The summed E-state index contributed by atoms with van der Waals surface area (Å²) in [4.78, 5) is 12.7. The number of rotatable bonds is 3. The van der Waals surface area contributed by atoms with Crippen LogP contribution in [0.1, 0.15) is 54.4 Å². The van der Waals surface area contributed by atoms with Gasteiger partial charge in [-0.3, -0.25) is 4.79 Å². The van der Waals surface area contributed by atoms with E-state index in [1.807, 2.05) is 24.3 Å². The molecule has 2 saturated heterocycles. The summed E-state index contributed by atoms with van der Waals surface area (Å²) in [6.07, 6.45) is 6.62. The lowest BCUT2D eigenvalue weighted by atomic mass is 9.89. The highest BCUT2D eigenvalue weighted by Gasteiger charge is 2.45. The Balaban J connectivity index is 1.51. The maximum Gasteiger partial charge on any atom is 0.166 e. The number of benzene rings is 1. The minimum absolute atomic E-state index is 0.223. The van der Waals surface area contributed by atoms with Crippen molar-refractivity contribution in [1.82, 2.24) is 0 Å². The summed E-state index contributed by atoms with van der Waals surface area (Å²) in [5.74, 6) is 0.543. The van der Waals surface area contributed by atoms with Crippen LogP contribution in [0.25, 0.3) is 0 Å². The molecule has 1 aromatic rings. The van der Waals surface area contributed by atoms with Gasteiger partial charge in [-0.1, -0.05) is 24.3 Å². The zero-order valence-corrected chi connectivity index (χ0v) is 12.9. The van der Waals surface area contributed by atoms with Crippen LogP contribution in [0.3, 0.4) is 0 Å². The summed E-state index contributed by atoms with van der Waals surface area (Å²) in [7, 11) is 0. The number of nitrogens with zero attached hydrogens (tertiary/aromatic N) is 1. The highest BCUT2D eigenvalue weighted by molar-refractivity contribution is 8.00. The minimum atomic E-state index is -0.248. The Morgan fingerprint density at radius 3 is 2.29 bits per heavy atom. The van der Waals surface area contributed by atoms with Crippen LogP contribution in [0.4, 0.5) is 0 Å². The van der Waals surface area contributed by atoms with E-state index in [1.165, 1.54) is 12.8 Å². The highest BCUT2D eigenvalue weighted by Crippen LogP contribution is 2.48. The van der Waals surface area contributed by atoms with E-state index in [4.69, 9.17) is 0 Å². The van der Waals surface area contributed by atoms with E-state index < -0.39 is 0 Å². The number of thioether (sulfide) groups is 1. The first-order valence-electron chi connectivity index (χ1n) is 7.92. The first kappa shape index (κ1) is 13.4. The van der Waals surface area contributed by atoms with E-state index in [9.17, 15) is 10.1 Å². The van der Waals surface area contributed by atoms with Crippen molar-refractivity contribution in [2.45, 2.75) is 54.4 Å². The predicted molar refractivity (Wildman–Crippen MR) is 84.4 cm³/mol. The number of ketones is 1. The molecule has 3 fully saturated rings. The van der Waals surface area contributed by atoms with Gasteiger partial charge in [-0.05, 0) is 44.1 Å². The van der Waals surface area contributed by atoms with Crippen molar-refractivity contribution in [2.24, 2.45) is 5.92 Å². The number of Topliss-reactive ketones (excluding diaryl/α,β-unsaturated/α-hetero) is 1. The summed E-state index contributed by atoms with van der Waals surface area (Å²) < 4.78 is 0. The second-order valence-electron chi connectivity index (χ2n) is 6.76.